The third-order valence-corrected chi connectivity index (χ3v) is 3.98. The third-order valence-electron chi connectivity index (χ3n) is 3.98. The molecule has 3 heteroatoms. The molecule has 0 bridgehead atoms. The Morgan fingerprint density at radius 2 is 1.61 bits per heavy atom. The van der Waals surface area contributed by atoms with E-state index in [0.29, 0.717) is 5.89 Å². The predicted octanol–water partition coefficient (Wildman–Crippen LogP) is 4.59. The number of hydrogen-bond donors (Lipinski definition) is 0. The van der Waals surface area contributed by atoms with E-state index in [2.05, 4.69) is 55.3 Å². The van der Waals surface area contributed by atoms with Crippen LogP contribution in [0.15, 0.2) is 59.0 Å². The topological polar surface area (TPSA) is 29.3 Å². The maximum Gasteiger partial charge on any atom is 0.226 e. The maximum absolute atomic E-state index is 5.89. The van der Waals surface area contributed by atoms with Gasteiger partial charge in [0.1, 0.15) is 5.76 Å². The minimum Gasteiger partial charge on any atom is -0.441 e. The summed E-state index contributed by atoms with van der Waals surface area (Å²) < 4.78 is 5.89. The molecular formula is C20H22N2O. The molecule has 1 aromatic heterocycles. The van der Waals surface area contributed by atoms with Crippen LogP contribution in [-0.2, 0) is 13.1 Å². The molecule has 3 rings (SSSR count). The Morgan fingerprint density at radius 3 is 2.35 bits per heavy atom. The summed E-state index contributed by atoms with van der Waals surface area (Å²) >= 11 is 0. The largest absolute Gasteiger partial charge is 0.441 e. The molecule has 0 aliphatic heterocycles. The minimum atomic E-state index is 0.712. The summed E-state index contributed by atoms with van der Waals surface area (Å²) in [5, 5.41) is 0. The molecule has 118 valence electrons. The van der Waals surface area contributed by atoms with E-state index in [4.69, 9.17) is 9.40 Å². The van der Waals surface area contributed by atoms with E-state index in [1.807, 2.05) is 25.1 Å². The van der Waals surface area contributed by atoms with Gasteiger partial charge in [-0.3, -0.25) is 4.90 Å². The molecule has 0 atom stereocenters. The standard InChI is InChI=1S/C20H22N2O/c1-15-9-7-8-12-18(15)20-21-19(16(2)23-20)14-22(3)13-17-10-5-4-6-11-17/h4-12H,13-14H2,1-3H3. The Labute approximate surface area is 137 Å². The van der Waals surface area contributed by atoms with Crippen molar-refractivity contribution in [3.05, 3.63) is 77.2 Å². The first kappa shape index (κ1) is 15.5. The van der Waals surface area contributed by atoms with Gasteiger partial charge in [-0.25, -0.2) is 4.98 Å². The Hall–Kier alpha value is -2.39. The van der Waals surface area contributed by atoms with Gasteiger partial charge in [0.15, 0.2) is 0 Å². The summed E-state index contributed by atoms with van der Waals surface area (Å²) in [5.74, 6) is 1.60. The number of rotatable bonds is 5. The second-order valence-corrected chi connectivity index (χ2v) is 5.99. The molecule has 0 saturated heterocycles. The van der Waals surface area contributed by atoms with Gasteiger partial charge in [0.25, 0.3) is 0 Å². The van der Waals surface area contributed by atoms with Gasteiger partial charge in [-0.1, -0.05) is 48.5 Å². The fraction of sp³-hybridized carbons (Fsp3) is 0.250. The van der Waals surface area contributed by atoms with Crippen LogP contribution in [-0.4, -0.2) is 16.9 Å². The fourth-order valence-electron chi connectivity index (χ4n) is 2.71. The van der Waals surface area contributed by atoms with E-state index >= 15 is 0 Å². The molecule has 23 heavy (non-hydrogen) atoms. The quantitative estimate of drug-likeness (QED) is 0.690. The van der Waals surface area contributed by atoms with Crippen molar-refractivity contribution in [2.24, 2.45) is 0 Å². The average Bonchev–Trinajstić information content (AvgIpc) is 2.89. The van der Waals surface area contributed by atoms with Crippen LogP contribution in [0.2, 0.25) is 0 Å². The van der Waals surface area contributed by atoms with Crippen molar-refractivity contribution in [3.63, 3.8) is 0 Å². The zero-order valence-corrected chi connectivity index (χ0v) is 13.9. The molecule has 3 aromatic rings. The molecule has 1 heterocycles. The lowest BCUT2D eigenvalue weighted by atomic mass is 10.1. The summed E-state index contributed by atoms with van der Waals surface area (Å²) in [6.07, 6.45) is 0. The van der Waals surface area contributed by atoms with Gasteiger partial charge in [-0.15, -0.1) is 0 Å². The van der Waals surface area contributed by atoms with Gasteiger partial charge in [0, 0.05) is 18.7 Å². The number of oxazole rings is 1. The zero-order chi connectivity index (χ0) is 16.2. The van der Waals surface area contributed by atoms with Crippen LogP contribution in [0.5, 0.6) is 0 Å². The van der Waals surface area contributed by atoms with E-state index < -0.39 is 0 Å². The first-order valence-corrected chi connectivity index (χ1v) is 7.88. The fourth-order valence-corrected chi connectivity index (χ4v) is 2.71. The van der Waals surface area contributed by atoms with Crippen LogP contribution in [0, 0.1) is 13.8 Å². The molecule has 2 aromatic carbocycles. The monoisotopic (exact) mass is 306 g/mol. The molecule has 0 amide bonds. The highest BCUT2D eigenvalue weighted by molar-refractivity contribution is 5.58. The van der Waals surface area contributed by atoms with Crippen molar-refractivity contribution < 1.29 is 4.42 Å². The normalized spacial score (nSPS) is 11.1. The number of nitrogens with zero attached hydrogens (tertiary/aromatic N) is 2. The first-order valence-electron chi connectivity index (χ1n) is 7.88. The van der Waals surface area contributed by atoms with Crippen LogP contribution in [0.3, 0.4) is 0 Å². The van der Waals surface area contributed by atoms with E-state index in [9.17, 15) is 0 Å². The van der Waals surface area contributed by atoms with E-state index in [1.54, 1.807) is 0 Å². The Balaban J connectivity index is 1.75. The van der Waals surface area contributed by atoms with Crippen LogP contribution in [0.4, 0.5) is 0 Å². The predicted molar refractivity (Wildman–Crippen MR) is 93.0 cm³/mol. The number of benzene rings is 2. The maximum atomic E-state index is 5.89. The van der Waals surface area contributed by atoms with Crippen LogP contribution in [0.25, 0.3) is 11.5 Å². The third kappa shape index (κ3) is 3.69. The lowest BCUT2D eigenvalue weighted by Gasteiger charge is -2.15. The SMILES string of the molecule is Cc1ccccc1-c1nc(CN(C)Cc2ccccc2)c(C)o1. The molecular weight excluding hydrogens is 284 g/mol. The molecule has 0 N–H and O–H groups in total. The van der Waals surface area contributed by atoms with Crippen molar-refractivity contribution in [2.75, 3.05) is 7.05 Å². The highest BCUT2D eigenvalue weighted by atomic mass is 16.4. The molecule has 3 nitrogen and oxygen atoms in total. The Bertz CT molecular complexity index is 777. The van der Waals surface area contributed by atoms with Crippen molar-refractivity contribution in [3.8, 4) is 11.5 Å². The molecule has 0 fully saturated rings. The first-order chi connectivity index (χ1) is 11.1. The lowest BCUT2D eigenvalue weighted by Crippen LogP contribution is -2.17. The summed E-state index contributed by atoms with van der Waals surface area (Å²) in [6, 6.07) is 18.7. The lowest BCUT2D eigenvalue weighted by molar-refractivity contribution is 0.313. The van der Waals surface area contributed by atoms with Gasteiger partial charge in [0.2, 0.25) is 5.89 Å². The Morgan fingerprint density at radius 1 is 0.913 bits per heavy atom. The Kier molecular flexibility index (Phi) is 4.58. The highest BCUT2D eigenvalue weighted by Gasteiger charge is 2.14. The van der Waals surface area contributed by atoms with Crippen molar-refractivity contribution in [2.45, 2.75) is 26.9 Å². The number of aryl methyl sites for hydroxylation is 2. The van der Waals surface area contributed by atoms with Crippen molar-refractivity contribution >= 4 is 0 Å². The molecule has 0 saturated carbocycles. The van der Waals surface area contributed by atoms with Crippen molar-refractivity contribution in [1.29, 1.82) is 0 Å². The van der Waals surface area contributed by atoms with E-state index in [1.165, 1.54) is 11.1 Å². The molecule has 0 aliphatic carbocycles. The van der Waals surface area contributed by atoms with E-state index in [0.717, 1.165) is 30.1 Å². The highest BCUT2D eigenvalue weighted by Crippen LogP contribution is 2.25. The van der Waals surface area contributed by atoms with Gasteiger partial charge >= 0.3 is 0 Å². The van der Waals surface area contributed by atoms with Gasteiger partial charge < -0.3 is 4.42 Å². The van der Waals surface area contributed by atoms with Crippen LogP contribution in [0.1, 0.15) is 22.6 Å². The summed E-state index contributed by atoms with van der Waals surface area (Å²) in [5.41, 5.74) is 4.54. The van der Waals surface area contributed by atoms with E-state index in [-0.39, 0.29) is 0 Å². The molecule has 0 aliphatic rings. The smallest absolute Gasteiger partial charge is 0.226 e. The average molecular weight is 306 g/mol. The second-order valence-electron chi connectivity index (χ2n) is 5.99. The van der Waals surface area contributed by atoms with Gasteiger partial charge in [0.05, 0.1) is 5.69 Å². The molecule has 0 spiro atoms. The minimum absolute atomic E-state index is 0.712. The summed E-state index contributed by atoms with van der Waals surface area (Å²) in [6.45, 7) is 5.74. The molecule has 0 unspecified atom stereocenters. The number of hydrogen-bond acceptors (Lipinski definition) is 3. The second kappa shape index (κ2) is 6.80. The summed E-state index contributed by atoms with van der Waals surface area (Å²) in [7, 11) is 2.11. The van der Waals surface area contributed by atoms with Gasteiger partial charge in [-0.2, -0.15) is 0 Å². The van der Waals surface area contributed by atoms with Crippen LogP contribution >= 0.6 is 0 Å². The zero-order valence-electron chi connectivity index (χ0n) is 13.9. The summed E-state index contributed by atoms with van der Waals surface area (Å²) in [4.78, 5) is 6.97. The molecule has 0 radical (unpaired) electrons. The van der Waals surface area contributed by atoms with Crippen molar-refractivity contribution in [1.82, 2.24) is 9.88 Å². The van der Waals surface area contributed by atoms with Crippen LogP contribution < -0.4 is 0 Å². The number of aromatic nitrogens is 1. The van der Waals surface area contributed by atoms with Gasteiger partial charge in [-0.05, 0) is 38.1 Å².